The van der Waals surface area contributed by atoms with Crippen LogP contribution in [0.2, 0.25) is 0 Å². The SMILES string of the molecule is N#C/C(=C\c1ccc(Cc2ccccc2Br)c(Br)c1)C(N)=O. The Kier molecular flexibility index (Phi) is 5.53. The second kappa shape index (κ2) is 7.39. The van der Waals surface area contributed by atoms with Crippen LogP contribution in [-0.2, 0) is 11.2 Å². The largest absolute Gasteiger partial charge is 0.365 e. The zero-order valence-electron chi connectivity index (χ0n) is 11.5. The number of nitrogens with two attached hydrogens (primary N) is 1. The number of amides is 1. The van der Waals surface area contributed by atoms with Crippen molar-refractivity contribution in [3.8, 4) is 6.07 Å². The first-order valence-corrected chi connectivity index (χ1v) is 8.03. The average molecular weight is 420 g/mol. The molecule has 0 radical (unpaired) electrons. The van der Waals surface area contributed by atoms with Crippen molar-refractivity contribution in [3.63, 3.8) is 0 Å². The predicted octanol–water partition coefficient (Wildman–Crippen LogP) is 4.19. The maximum atomic E-state index is 11.1. The van der Waals surface area contributed by atoms with Crippen molar-refractivity contribution in [3.05, 3.63) is 73.7 Å². The van der Waals surface area contributed by atoms with Crippen molar-refractivity contribution in [2.75, 3.05) is 0 Å². The van der Waals surface area contributed by atoms with Crippen molar-refractivity contribution in [2.24, 2.45) is 5.73 Å². The first-order valence-electron chi connectivity index (χ1n) is 6.44. The summed E-state index contributed by atoms with van der Waals surface area (Å²) in [6.07, 6.45) is 2.25. The summed E-state index contributed by atoms with van der Waals surface area (Å²) in [6.45, 7) is 0. The van der Waals surface area contributed by atoms with Crippen molar-refractivity contribution in [1.82, 2.24) is 0 Å². The van der Waals surface area contributed by atoms with Gasteiger partial charge in [-0.2, -0.15) is 5.26 Å². The number of hydrogen-bond donors (Lipinski definition) is 1. The summed E-state index contributed by atoms with van der Waals surface area (Å²) >= 11 is 7.07. The van der Waals surface area contributed by atoms with E-state index in [4.69, 9.17) is 11.0 Å². The summed E-state index contributed by atoms with van der Waals surface area (Å²) in [5, 5.41) is 8.87. The van der Waals surface area contributed by atoms with Crippen LogP contribution in [0.4, 0.5) is 0 Å². The molecule has 110 valence electrons. The van der Waals surface area contributed by atoms with Gasteiger partial charge < -0.3 is 5.73 Å². The average Bonchev–Trinajstić information content (AvgIpc) is 2.49. The molecule has 1 amide bonds. The van der Waals surface area contributed by atoms with Crippen molar-refractivity contribution >= 4 is 43.8 Å². The Balaban J connectivity index is 2.30. The van der Waals surface area contributed by atoms with Gasteiger partial charge in [-0.05, 0) is 41.3 Å². The Bertz CT molecular complexity index is 791. The van der Waals surface area contributed by atoms with Gasteiger partial charge >= 0.3 is 0 Å². The zero-order valence-corrected chi connectivity index (χ0v) is 14.7. The number of hydrogen-bond acceptors (Lipinski definition) is 2. The monoisotopic (exact) mass is 418 g/mol. The van der Waals surface area contributed by atoms with Gasteiger partial charge in [0.15, 0.2) is 0 Å². The Hall–Kier alpha value is -1.90. The van der Waals surface area contributed by atoms with Crippen LogP contribution in [0.3, 0.4) is 0 Å². The molecule has 0 aliphatic carbocycles. The second-order valence-electron chi connectivity index (χ2n) is 4.65. The van der Waals surface area contributed by atoms with Gasteiger partial charge in [-0.15, -0.1) is 0 Å². The minimum Gasteiger partial charge on any atom is -0.365 e. The number of carbonyl (C=O) groups excluding carboxylic acids is 1. The molecule has 2 aromatic carbocycles. The van der Waals surface area contributed by atoms with Gasteiger partial charge in [0.1, 0.15) is 11.6 Å². The van der Waals surface area contributed by atoms with Crippen LogP contribution in [0.1, 0.15) is 16.7 Å². The fourth-order valence-electron chi connectivity index (χ4n) is 1.97. The lowest BCUT2D eigenvalue weighted by Gasteiger charge is -2.08. The zero-order chi connectivity index (χ0) is 16.1. The van der Waals surface area contributed by atoms with Crippen LogP contribution in [0, 0.1) is 11.3 Å². The quantitative estimate of drug-likeness (QED) is 0.596. The molecule has 2 aromatic rings. The number of nitriles is 1. The van der Waals surface area contributed by atoms with E-state index in [0.717, 1.165) is 26.5 Å². The molecule has 0 atom stereocenters. The smallest absolute Gasteiger partial charge is 0.259 e. The molecule has 5 heteroatoms. The lowest BCUT2D eigenvalue weighted by molar-refractivity contribution is -0.114. The highest BCUT2D eigenvalue weighted by atomic mass is 79.9. The lowest BCUT2D eigenvalue weighted by atomic mass is 10.0. The molecule has 0 spiro atoms. The molecule has 0 aliphatic rings. The van der Waals surface area contributed by atoms with Crippen LogP contribution >= 0.6 is 31.9 Å². The van der Waals surface area contributed by atoms with Crippen LogP contribution in [0.25, 0.3) is 6.08 Å². The van der Waals surface area contributed by atoms with Crippen LogP contribution in [0.15, 0.2) is 57.0 Å². The fraction of sp³-hybridized carbons (Fsp3) is 0.0588. The summed E-state index contributed by atoms with van der Waals surface area (Å²) in [7, 11) is 0. The molecular weight excluding hydrogens is 408 g/mol. The number of benzene rings is 2. The Morgan fingerprint density at radius 1 is 1.14 bits per heavy atom. The van der Waals surface area contributed by atoms with E-state index >= 15 is 0 Å². The van der Waals surface area contributed by atoms with Crippen molar-refractivity contribution < 1.29 is 4.79 Å². The molecule has 0 aromatic heterocycles. The molecule has 2 rings (SSSR count). The van der Waals surface area contributed by atoms with E-state index in [1.165, 1.54) is 11.6 Å². The first kappa shape index (κ1) is 16.5. The van der Waals surface area contributed by atoms with E-state index in [9.17, 15) is 4.79 Å². The Morgan fingerprint density at radius 2 is 1.82 bits per heavy atom. The number of primary amides is 1. The second-order valence-corrected chi connectivity index (χ2v) is 6.36. The van der Waals surface area contributed by atoms with Crippen LogP contribution < -0.4 is 5.73 Å². The minimum absolute atomic E-state index is 0.0644. The molecule has 0 aliphatic heterocycles. The summed E-state index contributed by atoms with van der Waals surface area (Å²) in [6, 6.07) is 15.5. The van der Waals surface area contributed by atoms with Gasteiger partial charge in [0.05, 0.1) is 0 Å². The van der Waals surface area contributed by atoms with Gasteiger partial charge in [-0.25, -0.2) is 0 Å². The minimum atomic E-state index is -0.726. The number of carbonyl (C=O) groups is 1. The standard InChI is InChI=1S/C17H12Br2N2O/c18-15-4-2-1-3-12(15)9-13-6-5-11(8-16(13)19)7-14(10-20)17(21)22/h1-8H,9H2,(H2,21,22)/b14-7+. The van der Waals surface area contributed by atoms with Gasteiger partial charge in [0.2, 0.25) is 0 Å². The highest BCUT2D eigenvalue weighted by Gasteiger charge is 2.07. The van der Waals surface area contributed by atoms with E-state index in [1.807, 2.05) is 36.4 Å². The molecule has 0 saturated heterocycles. The van der Waals surface area contributed by atoms with E-state index in [1.54, 1.807) is 6.07 Å². The molecule has 0 unspecified atom stereocenters. The Labute approximate surface area is 145 Å². The highest BCUT2D eigenvalue weighted by molar-refractivity contribution is 9.10. The van der Waals surface area contributed by atoms with Gasteiger partial charge in [-0.3, -0.25) is 4.79 Å². The van der Waals surface area contributed by atoms with Crippen LogP contribution in [0.5, 0.6) is 0 Å². The van der Waals surface area contributed by atoms with Crippen LogP contribution in [-0.4, -0.2) is 5.91 Å². The van der Waals surface area contributed by atoms with Crippen molar-refractivity contribution in [1.29, 1.82) is 5.26 Å². The third-order valence-corrected chi connectivity index (χ3v) is 4.62. The molecule has 0 fully saturated rings. The maximum Gasteiger partial charge on any atom is 0.259 e. The van der Waals surface area contributed by atoms with E-state index in [2.05, 4.69) is 37.9 Å². The normalized spacial score (nSPS) is 11.0. The summed E-state index contributed by atoms with van der Waals surface area (Å²) in [5.41, 5.74) is 8.11. The third kappa shape index (κ3) is 4.06. The number of nitrogens with zero attached hydrogens (tertiary/aromatic N) is 1. The molecule has 0 bridgehead atoms. The number of rotatable bonds is 4. The van der Waals surface area contributed by atoms with E-state index in [-0.39, 0.29) is 5.57 Å². The Morgan fingerprint density at radius 3 is 2.41 bits per heavy atom. The third-order valence-electron chi connectivity index (χ3n) is 3.11. The van der Waals surface area contributed by atoms with Gasteiger partial charge in [0.25, 0.3) is 5.91 Å². The highest BCUT2D eigenvalue weighted by Crippen LogP contribution is 2.25. The topological polar surface area (TPSA) is 66.9 Å². The van der Waals surface area contributed by atoms with E-state index in [0.29, 0.717) is 0 Å². The molecular formula is C17H12Br2N2O. The van der Waals surface area contributed by atoms with E-state index < -0.39 is 5.91 Å². The molecule has 0 saturated carbocycles. The molecule has 3 nitrogen and oxygen atoms in total. The fourth-order valence-corrected chi connectivity index (χ4v) is 2.93. The first-order chi connectivity index (χ1) is 10.5. The molecule has 0 heterocycles. The number of halogens is 2. The summed E-state index contributed by atoms with van der Waals surface area (Å²) in [5.74, 6) is -0.726. The maximum absolute atomic E-state index is 11.1. The lowest BCUT2D eigenvalue weighted by Crippen LogP contribution is -2.12. The predicted molar refractivity (Wildman–Crippen MR) is 93.9 cm³/mol. The summed E-state index contributed by atoms with van der Waals surface area (Å²) < 4.78 is 1.98. The van der Waals surface area contributed by atoms with Gasteiger partial charge in [0, 0.05) is 8.95 Å². The molecule has 22 heavy (non-hydrogen) atoms. The van der Waals surface area contributed by atoms with Gasteiger partial charge in [-0.1, -0.05) is 62.2 Å². The van der Waals surface area contributed by atoms with Crippen molar-refractivity contribution in [2.45, 2.75) is 6.42 Å². The molecule has 2 N–H and O–H groups in total. The summed E-state index contributed by atoms with van der Waals surface area (Å²) in [4.78, 5) is 11.1.